The highest BCUT2D eigenvalue weighted by atomic mass is 35.5. The molecule has 0 aromatic heterocycles. The molecule has 1 heterocycles. The number of carbonyl (C=O) groups is 1. The predicted octanol–water partition coefficient (Wildman–Crippen LogP) is 3.95. The maximum absolute atomic E-state index is 15.0. The molecular formula is C25H29ClF2N2O6S2. The molecule has 13 heteroatoms. The van der Waals surface area contributed by atoms with E-state index in [9.17, 15) is 26.0 Å². The SMILES string of the molecule is COC(=O)[C@@H]1CCCN1S(=O)(=O)NCC1CCC(c2cc(F)ccc2F)(S(=O)(=O)c2ccc(Cl)cc2)CC1. The summed E-state index contributed by atoms with van der Waals surface area (Å²) in [6.07, 6.45) is 1.28. The molecule has 208 valence electrons. The van der Waals surface area contributed by atoms with Crippen molar-refractivity contribution in [2.24, 2.45) is 5.92 Å². The minimum absolute atomic E-state index is 0.00936. The number of hydrogen-bond donors (Lipinski definition) is 1. The van der Waals surface area contributed by atoms with E-state index in [1.165, 1.54) is 31.4 Å². The van der Waals surface area contributed by atoms with Gasteiger partial charge in [0.15, 0.2) is 9.84 Å². The van der Waals surface area contributed by atoms with Crippen molar-refractivity contribution in [3.63, 3.8) is 0 Å². The average Bonchev–Trinajstić information content (AvgIpc) is 3.40. The second-order valence-corrected chi connectivity index (χ2v) is 14.1. The molecule has 0 amide bonds. The number of halogens is 3. The zero-order valence-corrected chi connectivity index (χ0v) is 23.1. The molecule has 1 aliphatic heterocycles. The van der Waals surface area contributed by atoms with Crippen molar-refractivity contribution in [1.29, 1.82) is 0 Å². The lowest BCUT2D eigenvalue weighted by molar-refractivity contribution is -0.144. The lowest BCUT2D eigenvalue weighted by Crippen LogP contribution is -2.48. The average molecular weight is 591 g/mol. The van der Waals surface area contributed by atoms with Gasteiger partial charge in [-0.25, -0.2) is 21.9 Å². The summed E-state index contributed by atoms with van der Waals surface area (Å²) in [7, 11) is -6.99. The molecule has 2 aliphatic rings. The topological polar surface area (TPSA) is 110 Å². The predicted molar refractivity (Wildman–Crippen MR) is 137 cm³/mol. The lowest BCUT2D eigenvalue weighted by Gasteiger charge is -2.40. The summed E-state index contributed by atoms with van der Waals surface area (Å²) < 4.78 is 89.5. The van der Waals surface area contributed by atoms with Crippen molar-refractivity contribution in [3.05, 3.63) is 64.7 Å². The van der Waals surface area contributed by atoms with E-state index in [0.29, 0.717) is 17.9 Å². The monoisotopic (exact) mass is 590 g/mol. The summed E-state index contributed by atoms with van der Waals surface area (Å²) in [5.41, 5.74) is -0.246. The third-order valence-corrected chi connectivity index (χ3v) is 11.9. The molecule has 1 atom stereocenters. The fourth-order valence-electron chi connectivity index (χ4n) is 5.42. The molecular weight excluding hydrogens is 562 g/mol. The van der Waals surface area contributed by atoms with E-state index in [4.69, 9.17) is 16.3 Å². The highest BCUT2D eigenvalue weighted by molar-refractivity contribution is 7.92. The maximum atomic E-state index is 15.0. The summed E-state index contributed by atoms with van der Waals surface area (Å²) in [5, 5.41) is 0.332. The number of sulfone groups is 1. The van der Waals surface area contributed by atoms with Crippen LogP contribution < -0.4 is 4.72 Å². The number of nitrogens with one attached hydrogen (secondary N) is 1. The number of ether oxygens (including phenoxy) is 1. The van der Waals surface area contributed by atoms with E-state index in [1.54, 1.807) is 0 Å². The molecule has 1 N–H and O–H groups in total. The fourth-order valence-corrected chi connectivity index (χ4v) is 9.22. The van der Waals surface area contributed by atoms with Crippen LogP contribution in [-0.4, -0.2) is 53.4 Å². The number of rotatable bonds is 8. The number of carbonyl (C=O) groups excluding carboxylic acids is 1. The van der Waals surface area contributed by atoms with Gasteiger partial charge in [-0.15, -0.1) is 0 Å². The fraction of sp³-hybridized carbons (Fsp3) is 0.480. The minimum atomic E-state index is -4.20. The van der Waals surface area contributed by atoms with Crippen LogP contribution >= 0.6 is 11.6 Å². The van der Waals surface area contributed by atoms with Crippen LogP contribution in [0.2, 0.25) is 5.02 Å². The molecule has 0 spiro atoms. The zero-order chi connectivity index (χ0) is 27.7. The van der Waals surface area contributed by atoms with Gasteiger partial charge in [0.1, 0.15) is 22.4 Å². The molecule has 2 aromatic rings. The van der Waals surface area contributed by atoms with E-state index in [0.717, 1.165) is 22.5 Å². The Morgan fingerprint density at radius 1 is 1.08 bits per heavy atom. The first-order valence-corrected chi connectivity index (χ1v) is 15.5. The van der Waals surface area contributed by atoms with Gasteiger partial charge in [-0.1, -0.05) is 11.6 Å². The van der Waals surface area contributed by atoms with Crippen LogP contribution in [0.4, 0.5) is 8.78 Å². The number of esters is 1. The van der Waals surface area contributed by atoms with E-state index < -0.39 is 48.4 Å². The second kappa shape index (κ2) is 11.2. The number of benzene rings is 2. The van der Waals surface area contributed by atoms with E-state index in [1.807, 2.05) is 0 Å². The molecule has 0 radical (unpaired) electrons. The van der Waals surface area contributed by atoms with Gasteiger partial charge in [-0.2, -0.15) is 12.7 Å². The first kappa shape index (κ1) is 28.9. The molecule has 38 heavy (non-hydrogen) atoms. The van der Waals surface area contributed by atoms with Gasteiger partial charge < -0.3 is 4.74 Å². The van der Waals surface area contributed by atoms with Crippen LogP contribution in [0.5, 0.6) is 0 Å². The number of methoxy groups -OCH3 is 1. The van der Waals surface area contributed by atoms with Crippen molar-refractivity contribution in [2.45, 2.75) is 54.2 Å². The first-order chi connectivity index (χ1) is 17.9. The highest BCUT2D eigenvalue weighted by Gasteiger charge is 2.50. The Balaban J connectivity index is 1.56. The Hall–Kier alpha value is -2.12. The highest BCUT2D eigenvalue weighted by Crippen LogP contribution is 2.49. The van der Waals surface area contributed by atoms with Gasteiger partial charge in [0, 0.05) is 23.7 Å². The van der Waals surface area contributed by atoms with Gasteiger partial charge in [-0.05, 0) is 86.9 Å². The van der Waals surface area contributed by atoms with Gasteiger partial charge in [0.25, 0.3) is 10.2 Å². The molecule has 1 aliphatic carbocycles. The van der Waals surface area contributed by atoms with Crippen molar-refractivity contribution in [1.82, 2.24) is 9.03 Å². The molecule has 1 saturated carbocycles. The summed E-state index contributed by atoms with van der Waals surface area (Å²) in [4.78, 5) is 11.9. The van der Waals surface area contributed by atoms with Crippen LogP contribution in [0.25, 0.3) is 0 Å². The Bertz CT molecular complexity index is 1400. The standard InChI is InChI=1S/C25H29ClF2N2O6S2/c1-36-24(31)23-3-2-14-30(23)38(34,35)29-16-17-10-12-25(13-11-17,21-15-19(27)6-9-22(21)28)37(32,33)20-7-4-18(26)5-8-20/h4-9,15,17,23,29H,2-3,10-14,16H2,1H3/t17?,23-,25?/m0/s1. The molecule has 8 nitrogen and oxygen atoms in total. The number of nitrogens with zero attached hydrogens (tertiary/aromatic N) is 1. The summed E-state index contributed by atoms with van der Waals surface area (Å²) >= 11 is 5.93. The Labute approximate surface area is 226 Å². The minimum Gasteiger partial charge on any atom is -0.468 e. The first-order valence-electron chi connectivity index (χ1n) is 12.2. The van der Waals surface area contributed by atoms with E-state index >= 15 is 4.39 Å². The third-order valence-electron chi connectivity index (χ3n) is 7.51. The Morgan fingerprint density at radius 3 is 2.37 bits per heavy atom. The Kier molecular flexibility index (Phi) is 8.49. The van der Waals surface area contributed by atoms with Gasteiger partial charge in [0.05, 0.1) is 12.0 Å². The molecule has 0 unspecified atom stereocenters. The largest absolute Gasteiger partial charge is 0.468 e. The number of hydrogen-bond acceptors (Lipinski definition) is 6. The van der Waals surface area contributed by atoms with Crippen LogP contribution in [0.1, 0.15) is 44.1 Å². The normalized spacial score (nSPS) is 24.8. The molecule has 0 bridgehead atoms. The summed E-state index contributed by atoms with van der Waals surface area (Å²) in [5.74, 6) is -2.47. The van der Waals surface area contributed by atoms with Crippen molar-refractivity contribution < 1.29 is 35.1 Å². The lowest BCUT2D eigenvalue weighted by atomic mass is 9.77. The van der Waals surface area contributed by atoms with Crippen molar-refractivity contribution in [2.75, 3.05) is 20.2 Å². The Morgan fingerprint density at radius 2 is 1.74 bits per heavy atom. The summed E-state index contributed by atoms with van der Waals surface area (Å²) in [6.45, 7) is 0.191. The van der Waals surface area contributed by atoms with Gasteiger partial charge >= 0.3 is 5.97 Å². The van der Waals surface area contributed by atoms with Crippen LogP contribution in [-0.2, 0) is 34.3 Å². The summed E-state index contributed by atoms with van der Waals surface area (Å²) in [6, 6.07) is 7.40. The van der Waals surface area contributed by atoms with Crippen LogP contribution in [0.3, 0.4) is 0 Å². The van der Waals surface area contributed by atoms with E-state index in [2.05, 4.69) is 4.72 Å². The van der Waals surface area contributed by atoms with Crippen LogP contribution in [0, 0.1) is 17.6 Å². The quantitative estimate of drug-likeness (QED) is 0.466. The maximum Gasteiger partial charge on any atom is 0.324 e. The van der Waals surface area contributed by atoms with Gasteiger partial charge in [-0.3, -0.25) is 4.79 Å². The van der Waals surface area contributed by atoms with Gasteiger partial charge in [0.2, 0.25) is 0 Å². The molecule has 4 rings (SSSR count). The molecule has 2 aromatic carbocycles. The van der Waals surface area contributed by atoms with E-state index in [-0.39, 0.29) is 55.1 Å². The van der Waals surface area contributed by atoms with Crippen molar-refractivity contribution >= 4 is 37.6 Å². The van der Waals surface area contributed by atoms with Crippen molar-refractivity contribution in [3.8, 4) is 0 Å². The third kappa shape index (κ3) is 5.46. The molecule has 2 fully saturated rings. The molecule has 1 saturated heterocycles. The second-order valence-electron chi connectivity index (χ2n) is 9.66. The zero-order valence-electron chi connectivity index (χ0n) is 20.7. The van der Waals surface area contributed by atoms with Crippen LogP contribution in [0.15, 0.2) is 47.4 Å². The smallest absolute Gasteiger partial charge is 0.324 e.